The second-order valence-electron chi connectivity index (χ2n) is 7.56. The number of anilines is 1. The molecular weight excluding hydrogens is 354 g/mol. The Morgan fingerprint density at radius 1 is 1.00 bits per heavy atom. The van der Waals surface area contributed by atoms with Gasteiger partial charge in [-0.2, -0.15) is 0 Å². The molecule has 6 heteroatoms. The van der Waals surface area contributed by atoms with Crippen molar-refractivity contribution in [3.63, 3.8) is 0 Å². The highest BCUT2D eigenvalue weighted by Crippen LogP contribution is 2.40. The highest BCUT2D eigenvalue weighted by molar-refractivity contribution is 5.89. The summed E-state index contributed by atoms with van der Waals surface area (Å²) in [5.41, 5.74) is 2.73. The molecule has 28 heavy (non-hydrogen) atoms. The predicted octanol–water partition coefficient (Wildman–Crippen LogP) is 3.76. The van der Waals surface area contributed by atoms with Gasteiger partial charge in [0.25, 0.3) is 5.56 Å². The van der Waals surface area contributed by atoms with Crippen LogP contribution in [0.1, 0.15) is 18.0 Å². The molecule has 3 aromatic rings. The zero-order chi connectivity index (χ0) is 19.1. The van der Waals surface area contributed by atoms with Gasteiger partial charge < -0.3 is 19.2 Å². The summed E-state index contributed by atoms with van der Waals surface area (Å²) in [5.74, 6) is 1.15. The quantitative estimate of drug-likeness (QED) is 0.742. The molecule has 0 unspecified atom stereocenters. The van der Waals surface area contributed by atoms with E-state index in [1.807, 2.05) is 58.0 Å². The van der Waals surface area contributed by atoms with Crippen molar-refractivity contribution in [1.29, 1.82) is 0 Å². The van der Waals surface area contributed by atoms with Crippen molar-refractivity contribution in [3.8, 4) is 11.3 Å². The van der Waals surface area contributed by atoms with Crippen LogP contribution in [0.15, 0.2) is 70.1 Å². The normalized spacial score (nSPS) is 20.5. The molecule has 1 N–H and O–H groups in total. The fraction of sp³-hybridized carbons (Fsp3) is 0.273. The van der Waals surface area contributed by atoms with Gasteiger partial charge in [0.1, 0.15) is 5.76 Å². The van der Waals surface area contributed by atoms with E-state index in [2.05, 4.69) is 5.32 Å². The average molecular weight is 375 g/mol. The molecule has 4 heterocycles. The standard InChI is InChI=1S/C22H21N3O3/c26-20-9-8-18(19-7-4-10-28-19)21-16-11-15(13-25(20)21)12-24(14-16)22(27)23-17-5-2-1-3-6-17/h1-10,15-16H,11-14H2,(H,23,27)/t15-,16+/m0/s1. The zero-order valence-corrected chi connectivity index (χ0v) is 15.4. The van der Waals surface area contributed by atoms with Crippen LogP contribution < -0.4 is 10.9 Å². The smallest absolute Gasteiger partial charge is 0.321 e. The number of hydrogen-bond donors (Lipinski definition) is 1. The molecule has 5 rings (SSSR count). The number of likely N-dealkylation sites (tertiary alicyclic amines) is 1. The number of carbonyl (C=O) groups is 1. The van der Waals surface area contributed by atoms with Crippen molar-refractivity contribution < 1.29 is 9.21 Å². The molecule has 1 saturated heterocycles. The van der Waals surface area contributed by atoms with Gasteiger partial charge >= 0.3 is 6.03 Å². The van der Waals surface area contributed by atoms with E-state index in [4.69, 9.17) is 4.42 Å². The number of piperidine rings is 1. The lowest BCUT2D eigenvalue weighted by molar-refractivity contribution is 0.140. The SMILES string of the molecule is O=C(Nc1ccccc1)N1C[C@@H]2C[C@H](C1)c1c(-c3ccco3)ccc(=O)n1C2. The van der Waals surface area contributed by atoms with E-state index in [-0.39, 0.29) is 23.4 Å². The Morgan fingerprint density at radius 2 is 1.86 bits per heavy atom. The number of benzene rings is 1. The van der Waals surface area contributed by atoms with Crippen LogP contribution >= 0.6 is 0 Å². The van der Waals surface area contributed by atoms with Gasteiger partial charge in [-0.3, -0.25) is 4.79 Å². The summed E-state index contributed by atoms with van der Waals surface area (Å²) in [6.45, 7) is 1.88. The van der Waals surface area contributed by atoms with Crippen molar-refractivity contribution >= 4 is 11.7 Å². The molecule has 2 aromatic heterocycles. The molecule has 2 aliphatic heterocycles. The molecule has 1 fully saturated rings. The van der Waals surface area contributed by atoms with E-state index in [0.717, 1.165) is 29.1 Å². The maximum Gasteiger partial charge on any atom is 0.321 e. The van der Waals surface area contributed by atoms with Gasteiger partial charge in [-0.25, -0.2) is 4.79 Å². The van der Waals surface area contributed by atoms with Gasteiger partial charge in [0.2, 0.25) is 0 Å². The summed E-state index contributed by atoms with van der Waals surface area (Å²) >= 11 is 0. The van der Waals surface area contributed by atoms with Crippen LogP contribution in [0.3, 0.4) is 0 Å². The number of nitrogens with zero attached hydrogens (tertiary/aromatic N) is 2. The first kappa shape index (κ1) is 16.9. The van der Waals surface area contributed by atoms with Crippen LogP contribution in [0, 0.1) is 5.92 Å². The first-order valence-corrected chi connectivity index (χ1v) is 9.57. The molecule has 0 radical (unpaired) electrons. The number of para-hydroxylation sites is 1. The Morgan fingerprint density at radius 3 is 2.64 bits per heavy atom. The molecular formula is C22H21N3O3. The fourth-order valence-electron chi connectivity index (χ4n) is 4.54. The Labute approximate surface area is 162 Å². The molecule has 2 atom stereocenters. The summed E-state index contributed by atoms with van der Waals surface area (Å²) in [6, 6.07) is 16.6. The number of fused-ring (bicyclic) bond motifs is 4. The average Bonchev–Trinajstić information content (AvgIpc) is 3.24. The molecule has 0 spiro atoms. The summed E-state index contributed by atoms with van der Waals surface area (Å²) in [6.07, 6.45) is 2.62. The maximum absolute atomic E-state index is 12.8. The summed E-state index contributed by atoms with van der Waals surface area (Å²) < 4.78 is 7.49. The monoisotopic (exact) mass is 375 g/mol. The highest BCUT2D eigenvalue weighted by Gasteiger charge is 2.38. The Kier molecular flexibility index (Phi) is 4.04. The first-order chi connectivity index (χ1) is 13.7. The number of pyridine rings is 1. The topological polar surface area (TPSA) is 67.5 Å². The van der Waals surface area contributed by atoms with Crippen LogP contribution in [-0.2, 0) is 6.54 Å². The second-order valence-corrected chi connectivity index (χ2v) is 7.56. The number of aromatic nitrogens is 1. The van der Waals surface area contributed by atoms with E-state index in [9.17, 15) is 9.59 Å². The van der Waals surface area contributed by atoms with Gasteiger partial charge in [0, 0.05) is 48.6 Å². The van der Waals surface area contributed by atoms with Crippen molar-refractivity contribution in [2.75, 3.05) is 18.4 Å². The van der Waals surface area contributed by atoms with Crippen molar-refractivity contribution in [2.24, 2.45) is 5.92 Å². The molecule has 2 bridgehead atoms. The van der Waals surface area contributed by atoms with E-state index >= 15 is 0 Å². The van der Waals surface area contributed by atoms with E-state index < -0.39 is 0 Å². The first-order valence-electron chi connectivity index (χ1n) is 9.57. The third-order valence-corrected chi connectivity index (χ3v) is 5.69. The minimum absolute atomic E-state index is 0.0159. The molecule has 0 aliphatic carbocycles. The number of amides is 2. The lowest BCUT2D eigenvalue weighted by Gasteiger charge is -2.43. The van der Waals surface area contributed by atoms with Crippen LogP contribution in [0.25, 0.3) is 11.3 Å². The maximum atomic E-state index is 12.8. The number of rotatable bonds is 2. The Hall–Kier alpha value is -3.28. The van der Waals surface area contributed by atoms with Crippen molar-refractivity contribution in [2.45, 2.75) is 18.9 Å². The van der Waals surface area contributed by atoms with Crippen molar-refractivity contribution in [1.82, 2.24) is 9.47 Å². The zero-order valence-electron chi connectivity index (χ0n) is 15.4. The predicted molar refractivity (Wildman–Crippen MR) is 106 cm³/mol. The molecule has 6 nitrogen and oxygen atoms in total. The fourth-order valence-corrected chi connectivity index (χ4v) is 4.54. The van der Waals surface area contributed by atoms with Crippen LogP contribution in [0.4, 0.5) is 10.5 Å². The molecule has 2 amide bonds. The number of carbonyl (C=O) groups excluding carboxylic acids is 1. The minimum Gasteiger partial charge on any atom is -0.464 e. The molecule has 1 aromatic carbocycles. The Bertz CT molecular complexity index is 1060. The molecule has 0 saturated carbocycles. The van der Waals surface area contributed by atoms with Gasteiger partial charge in [-0.15, -0.1) is 0 Å². The van der Waals surface area contributed by atoms with Gasteiger partial charge in [0.05, 0.1) is 6.26 Å². The van der Waals surface area contributed by atoms with Gasteiger partial charge in [0.15, 0.2) is 0 Å². The van der Waals surface area contributed by atoms with Crippen LogP contribution in [-0.4, -0.2) is 28.6 Å². The van der Waals surface area contributed by atoms with Gasteiger partial charge in [-0.05, 0) is 42.7 Å². The third-order valence-electron chi connectivity index (χ3n) is 5.69. The third kappa shape index (κ3) is 2.91. The largest absolute Gasteiger partial charge is 0.464 e. The summed E-state index contributed by atoms with van der Waals surface area (Å²) in [5, 5.41) is 2.98. The summed E-state index contributed by atoms with van der Waals surface area (Å²) in [4.78, 5) is 27.2. The second kappa shape index (κ2) is 6.71. The molecule has 2 aliphatic rings. The lowest BCUT2D eigenvalue weighted by Crippen LogP contribution is -2.50. The number of hydrogen-bond acceptors (Lipinski definition) is 3. The minimum atomic E-state index is -0.0906. The number of urea groups is 1. The Balaban J connectivity index is 1.47. The molecule has 142 valence electrons. The van der Waals surface area contributed by atoms with E-state index in [1.165, 1.54) is 0 Å². The van der Waals surface area contributed by atoms with Crippen molar-refractivity contribution in [3.05, 3.63) is 76.9 Å². The van der Waals surface area contributed by atoms with E-state index in [1.54, 1.807) is 12.3 Å². The summed E-state index contributed by atoms with van der Waals surface area (Å²) in [7, 11) is 0. The highest BCUT2D eigenvalue weighted by atomic mass is 16.3. The number of nitrogens with one attached hydrogen (secondary N) is 1. The lowest BCUT2D eigenvalue weighted by atomic mass is 9.81. The van der Waals surface area contributed by atoms with Crippen LogP contribution in [0.2, 0.25) is 0 Å². The van der Waals surface area contributed by atoms with Gasteiger partial charge in [-0.1, -0.05) is 18.2 Å². The van der Waals surface area contributed by atoms with Crippen LogP contribution in [0.5, 0.6) is 0 Å². The number of furan rings is 1. The van der Waals surface area contributed by atoms with E-state index in [0.29, 0.717) is 19.6 Å².